The van der Waals surface area contributed by atoms with Crippen LogP contribution in [0.2, 0.25) is 5.02 Å². The van der Waals surface area contributed by atoms with Crippen molar-refractivity contribution in [2.45, 2.75) is 6.92 Å². The smallest absolute Gasteiger partial charge is 0.243 e. The summed E-state index contributed by atoms with van der Waals surface area (Å²) in [6.45, 7) is 1.29. The van der Waals surface area contributed by atoms with E-state index in [2.05, 4.69) is 16.0 Å². The minimum Gasteiger partial charge on any atom is -0.376 e. The van der Waals surface area contributed by atoms with Gasteiger partial charge in [0.1, 0.15) is 11.6 Å². The van der Waals surface area contributed by atoms with Crippen molar-refractivity contribution in [1.29, 1.82) is 0 Å². The fourth-order valence-corrected chi connectivity index (χ4v) is 2.19. The standard InChI is InChI=1S/C17H16ClF2N3O2/c1-10-14(18)3-2-4-15(10)23-17(25)9-22-16(24)8-21-13-6-11(19)5-12(20)7-13/h2-7,21H,8-9H2,1H3,(H,22,24)(H,23,25). The molecule has 0 fully saturated rings. The molecule has 0 unspecified atom stereocenters. The SMILES string of the molecule is Cc1c(Cl)cccc1NC(=O)CNC(=O)CNc1cc(F)cc(F)c1. The molecule has 5 nitrogen and oxygen atoms in total. The molecule has 0 spiro atoms. The minimum atomic E-state index is -0.751. The number of hydrogen-bond acceptors (Lipinski definition) is 3. The van der Waals surface area contributed by atoms with Crippen LogP contribution in [0.15, 0.2) is 36.4 Å². The van der Waals surface area contributed by atoms with Crippen LogP contribution < -0.4 is 16.0 Å². The summed E-state index contributed by atoms with van der Waals surface area (Å²) in [5.74, 6) is -2.42. The lowest BCUT2D eigenvalue weighted by Gasteiger charge is -2.11. The maximum Gasteiger partial charge on any atom is 0.243 e. The lowest BCUT2D eigenvalue weighted by Crippen LogP contribution is -2.36. The number of carbonyl (C=O) groups excluding carboxylic acids is 2. The van der Waals surface area contributed by atoms with Gasteiger partial charge in [0.2, 0.25) is 11.8 Å². The van der Waals surface area contributed by atoms with Crippen LogP contribution in [0.5, 0.6) is 0 Å². The zero-order chi connectivity index (χ0) is 18.4. The van der Waals surface area contributed by atoms with Crippen LogP contribution in [-0.2, 0) is 9.59 Å². The molecule has 0 aliphatic heterocycles. The van der Waals surface area contributed by atoms with E-state index in [1.807, 2.05) is 0 Å². The zero-order valence-corrected chi connectivity index (χ0v) is 14.1. The molecule has 0 atom stereocenters. The first kappa shape index (κ1) is 18.7. The molecule has 2 rings (SSSR count). The van der Waals surface area contributed by atoms with Gasteiger partial charge in [0.05, 0.1) is 13.1 Å². The van der Waals surface area contributed by atoms with Crippen molar-refractivity contribution >= 4 is 34.8 Å². The number of benzene rings is 2. The maximum atomic E-state index is 13.0. The van der Waals surface area contributed by atoms with E-state index in [1.54, 1.807) is 25.1 Å². The summed E-state index contributed by atoms with van der Waals surface area (Å²) in [6.07, 6.45) is 0. The van der Waals surface area contributed by atoms with E-state index in [9.17, 15) is 18.4 Å². The van der Waals surface area contributed by atoms with Gasteiger partial charge in [-0.1, -0.05) is 17.7 Å². The van der Waals surface area contributed by atoms with Gasteiger partial charge in [-0.15, -0.1) is 0 Å². The van der Waals surface area contributed by atoms with E-state index in [1.165, 1.54) is 0 Å². The van der Waals surface area contributed by atoms with Crippen molar-refractivity contribution < 1.29 is 18.4 Å². The Morgan fingerprint density at radius 2 is 1.72 bits per heavy atom. The van der Waals surface area contributed by atoms with Crippen LogP contribution in [-0.4, -0.2) is 24.9 Å². The summed E-state index contributed by atoms with van der Waals surface area (Å²) >= 11 is 5.96. The van der Waals surface area contributed by atoms with Gasteiger partial charge in [-0.05, 0) is 36.8 Å². The Kier molecular flexibility index (Phi) is 6.30. The van der Waals surface area contributed by atoms with E-state index in [0.29, 0.717) is 10.7 Å². The van der Waals surface area contributed by atoms with Gasteiger partial charge in [0.25, 0.3) is 0 Å². The predicted molar refractivity (Wildman–Crippen MR) is 92.7 cm³/mol. The molecule has 2 amide bonds. The first-order chi connectivity index (χ1) is 11.8. The highest BCUT2D eigenvalue weighted by atomic mass is 35.5. The summed E-state index contributed by atoms with van der Waals surface area (Å²) in [4.78, 5) is 23.6. The monoisotopic (exact) mass is 367 g/mol. The molecule has 0 aromatic heterocycles. The molecule has 0 radical (unpaired) electrons. The summed E-state index contributed by atoms with van der Waals surface area (Å²) in [7, 11) is 0. The van der Waals surface area contributed by atoms with Crippen molar-refractivity contribution in [3.8, 4) is 0 Å². The van der Waals surface area contributed by atoms with Crippen molar-refractivity contribution in [3.05, 3.63) is 58.6 Å². The van der Waals surface area contributed by atoms with Gasteiger partial charge in [-0.2, -0.15) is 0 Å². The Hall–Kier alpha value is -2.67. The van der Waals surface area contributed by atoms with Crippen molar-refractivity contribution in [3.63, 3.8) is 0 Å². The quantitative estimate of drug-likeness (QED) is 0.734. The second-order valence-electron chi connectivity index (χ2n) is 5.25. The van der Waals surface area contributed by atoms with Crippen LogP contribution in [0.3, 0.4) is 0 Å². The molecule has 0 saturated heterocycles. The predicted octanol–water partition coefficient (Wildman–Crippen LogP) is 3.09. The van der Waals surface area contributed by atoms with Gasteiger partial charge in [0.15, 0.2) is 0 Å². The van der Waals surface area contributed by atoms with Crippen molar-refractivity contribution in [2.24, 2.45) is 0 Å². The van der Waals surface area contributed by atoms with Gasteiger partial charge >= 0.3 is 0 Å². The first-order valence-corrected chi connectivity index (χ1v) is 7.74. The van der Waals surface area contributed by atoms with Crippen LogP contribution in [0.25, 0.3) is 0 Å². The highest BCUT2D eigenvalue weighted by Gasteiger charge is 2.09. The number of anilines is 2. The fourth-order valence-electron chi connectivity index (χ4n) is 2.02. The molecule has 25 heavy (non-hydrogen) atoms. The minimum absolute atomic E-state index is 0.131. The number of halogens is 3. The molecule has 2 aromatic rings. The molecular formula is C17H16ClF2N3O2. The summed E-state index contributed by atoms with van der Waals surface area (Å²) < 4.78 is 26.1. The number of amides is 2. The van der Waals surface area contributed by atoms with E-state index in [4.69, 9.17) is 11.6 Å². The van der Waals surface area contributed by atoms with Gasteiger partial charge in [-0.25, -0.2) is 8.78 Å². The van der Waals surface area contributed by atoms with E-state index < -0.39 is 23.4 Å². The second kappa shape index (κ2) is 8.43. The molecule has 132 valence electrons. The second-order valence-corrected chi connectivity index (χ2v) is 5.66. The molecule has 0 aliphatic rings. The third-order valence-electron chi connectivity index (χ3n) is 3.30. The Morgan fingerprint density at radius 3 is 2.40 bits per heavy atom. The average Bonchev–Trinajstić information content (AvgIpc) is 2.54. The summed E-state index contributed by atoms with van der Waals surface area (Å²) in [5.41, 5.74) is 1.41. The van der Waals surface area contributed by atoms with Gasteiger partial charge < -0.3 is 16.0 Å². The zero-order valence-electron chi connectivity index (χ0n) is 13.3. The van der Waals surface area contributed by atoms with Crippen LogP contribution in [0, 0.1) is 18.6 Å². The molecule has 0 bridgehead atoms. The third kappa shape index (κ3) is 5.72. The Morgan fingerprint density at radius 1 is 1.04 bits per heavy atom. The van der Waals surface area contributed by atoms with Crippen LogP contribution >= 0.6 is 11.6 Å². The third-order valence-corrected chi connectivity index (χ3v) is 3.71. The number of rotatable bonds is 6. The Labute approximate surface area is 148 Å². The van der Waals surface area contributed by atoms with Crippen molar-refractivity contribution in [2.75, 3.05) is 23.7 Å². The van der Waals surface area contributed by atoms with Crippen LogP contribution in [0.4, 0.5) is 20.2 Å². The lowest BCUT2D eigenvalue weighted by molar-refractivity contribution is -0.122. The highest BCUT2D eigenvalue weighted by Crippen LogP contribution is 2.22. The first-order valence-electron chi connectivity index (χ1n) is 7.37. The van der Waals surface area contributed by atoms with E-state index in [-0.39, 0.29) is 18.8 Å². The Balaban J connectivity index is 1.79. The molecule has 0 aliphatic carbocycles. The van der Waals surface area contributed by atoms with Crippen molar-refractivity contribution in [1.82, 2.24) is 5.32 Å². The molecule has 0 saturated carbocycles. The molecule has 2 aromatic carbocycles. The average molecular weight is 368 g/mol. The molecule has 3 N–H and O–H groups in total. The summed E-state index contributed by atoms with van der Waals surface area (Å²) in [6, 6.07) is 7.95. The normalized spacial score (nSPS) is 10.2. The largest absolute Gasteiger partial charge is 0.376 e. The van der Waals surface area contributed by atoms with Gasteiger partial charge in [0, 0.05) is 22.5 Å². The Bertz CT molecular complexity index is 779. The molecule has 8 heteroatoms. The fraction of sp³-hybridized carbons (Fsp3) is 0.176. The van der Waals surface area contributed by atoms with Crippen LogP contribution in [0.1, 0.15) is 5.56 Å². The van der Waals surface area contributed by atoms with E-state index >= 15 is 0 Å². The lowest BCUT2D eigenvalue weighted by atomic mass is 10.2. The van der Waals surface area contributed by atoms with Gasteiger partial charge in [-0.3, -0.25) is 9.59 Å². The maximum absolute atomic E-state index is 13.0. The van der Waals surface area contributed by atoms with E-state index in [0.717, 1.165) is 23.8 Å². The number of carbonyl (C=O) groups is 2. The highest BCUT2D eigenvalue weighted by molar-refractivity contribution is 6.31. The number of hydrogen-bond donors (Lipinski definition) is 3. The summed E-state index contributed by atoms with van der Waals surface area (Å²) in [5, 5.41) is 8.14. The number of nitrogens with one attached hydrogen (secondary N) is 3. The topological polar surface area (TPSA) is 70.2 Å². The molecular weight excluding hydrogens is 352 g/mol. The molecule has 0 heterocycles.